The van der Waals surface area contributed by atoms with Gasteiger partial charge in [0, 0.05) is 5.54 Å². The molecule has 0 aromatic rings. The average molecular weight is 183 g/mol. The Morgan fingerprint density at radius 1 is 1.46 bits per heavy atom. The first-order valence-electron chi connectivity index (χ1n) is 5.41. The van der Waals surface area contributed by atoms with Crippen LogP contribution >= 0.6 is 0 Å². The van der Waals surface area contributed by atoms with Crippen LogP contribution < -0.4 is 5.73 Å². The van der Waals surface area contributed by atoms with Crippen LogP contribution in [-0.4, -0.2) is 5.54 Å². The van der Waals surface area contributed by atoms with E-state index in [0.29, 0.717) is 5.92 Å². The quantitative estimate of drug-likeness (QED) is 0.627. The molecule has 0 aliphatic heterocycles. The summed E-state index contributed by atoms with van der Waals surface area (Å²) in [6.07, 6.45) is 4.48. The molecule has 0 aromatic carbocycles. The van der Waals surface area contributed by atoms with Crippen LogP contribution in [0.1, 0.15) is 53.4 Å². The third-order valence-corrected chi connectivity index (χ3v) is 2.96. The topological polar surface area (TPSA) is 26.0 Å². The second kappa shape index (κ2) is 5.43. The van der Waals surface area contributed by atoms with Gasteiger partial charge in [-0.25, -0.2) is 0 Å². The van der Waals surface area contributed by atoms with Gasteiger partial charge in [0.2, 0.25) is 0 Å². The molecule has 1 heteroatoms. The van der Waals surface area contributed by atoms with Crippen molar-refractivity contribution in [2.75, 3.05) is 0 Å². The normalized spacial score (nSPS) is 17.9. The summed E-state index contributed by atoms with van der Waals surface area (Å²) in [7, 11) is 0. The molecular weight excluding hydrogens is 158 g/mol. The van der Waals surface area contributed by atoms with E-state index in [2.05, 4.69) is 34.3 Å². The molecular formula is C12H25N. The summed E-state index contributed by atoms with van der Waals surface area (Å²) in [6, 6.07) is 0. The molecule has 0 radical (unpaired) electrons. The van der Waals surface area contributed by atoms with Gasteiger partial charge in [0.1, 0.15) is 0 Å². The molecule has 0 aromatic heterocycles. The summed E-state index contributed by atoms with van der Waals surface area (Å²) in [5.74, 6) is 0.702. The fraction of sp³-hybridized carbons (Fsp3) is 0.833. The van der Waals surface area contributed by atoms with Gasteiger partial charge < -0.3 is 5.73 Å². The molecule has 2 unspecified atom stereocenters. The van der Waals surface area contributed by atoms with Gasteiger partial charge in [0.05, 0.1) is 0 Å². The van der Waals surface area contributed by atoms with Crippen molar-refractivity contribution in [3.05, 3.63) is 12.2 Å². The molecule has 1 nitrogen and oxygen atoms in total. The maximum Gasteiger partial charge on any atom is 0.0365 e. The van der Waals surface area contributed by atoms with Gasteiger partial charge in [-0.15, -0.1) is 0 Å². The van der Waals surface area contributed by atoms with Gasteiger partial charge in [-0.1, -0.05) is 45.8 Å². The highest BCUT2D eigenvalue weighted by molar-refractivity contribution is 5.12. The molecule has 13 heavy (non-hydrogen) atoms. The van der Waals surface area contributed by atoms with Crippen LogP contribution in [0.25, 0.3) is 0 Å². The molecule has 0 saturated heterocycles. The van der Waals surface area contributed by atoms with E-state index in [0.717, 1.165) is 24.8 Å². The monoisotopic (exact) mass is 183 g/mol. The van der Waals surface area contributed by atoms with Crippen molar-refractivity contribution in [1.29, 1.82) is 0 Å². The third kappa shape index (κ3) is 3.95. The molecule has 0 rings (SSSR count). The first-order valence-corrected chi connectivity index (χ1v) is 5.41. The first-order chi connectivity index (χ1) is 5.96. The molecule has 2 atom stereocenters. The van der Waals surface area contributed by atoms with E-state index < -0.39 is 0 Å². The molecule has 0 spiro atoms. The average Bonchev–Trinajstić information content (AvgIpc) is 2.04. The predicted molar refractivity (Wildman–Crippen MR) is 60.7 cm³/mol. The van der Waals surface area contributed by atoms with Crippen molar-refractivity contribution < 1.29 is 0 Å². The highest BCUT2D eigenvalue weighted by atomic mass is 14.7. The fourth-order valence-corrected chi connectivity index (χ4v) is 1.70. The summed E-state index contributed by atoms with van der Waals surface area (Å²) < 4.78 is 0. The smallest absolute Gasteiger partial charge is 0.0365 e. The predicted octanol–water partition coefficient (Wildman–Crippen LogP) is 3.50. The van der Waals surface area contributed by atoms with Gasteiger partial charge in [-0.2, -0.15) is 0 Å². The lowest BCUT2D eigenvalue weighted by Crippen LogP contribution is -2.42. The van der Waals surface area contributed by atoms with Crippen LogP contribution in [-0.2, 0) is 0 Å². The van der Waals surface area contributed by atoms with Gasteiger partial charge in [-0.3, -0.25) is 0 Å². The fourth-order valence-electron chi connectivity index (χ4n) is 1.70. The number of nitrogens with two attached hydrogens (primary N) is 1. The van der Waals surface area contributed by atoms with E-state index in [1.165, 1.54) is 6.42 Å². The summed E-state index contributed by atoms with van der Waals surface area (Å²) in [5, 5.41) is 0. The Kier molecular flexibility index (Phi) is 5.31. The van der Waals surface area contributed by atoms with E-state index in [9.17, 15) is 0 Å². The zero-order valence-corrected chi connectivity index (χ0v) is 9.69. The molecule has 78 valence electrons. The molecule has 0 bridgehead atoms. The minimum absolute atomic E-state index is 0.121. The number of rotatable bonds is 6. The zero-order valence-electron chi connectivity index (χ0n) is 9.69. The first kappa shape index (κ1) is 12.7. The van der Waals surface area contributed by atoms with Crippen molar-refractivity contribution in [2.45, 2.75) is 58.9 Å². The SMILES string of the molecule is C=C(C)C(N)(CCC)CC(C)CC. The highest BCUT2D eigenvalue weighted by Crippen LogP contribution is 2.27. The maximum absolute atomic E-state index is 6.33. The number of hydrogen-bond acceptors (Lipinski definition) is 1. The van der Waals surface area contributed by atoms with Gasteiger partial charge in [0.15, 0.2) is 0 Å². The van der Waals surface area contributed by atoms with Crippen LogP contribution in [0, 0.1) is 5.92 Å². The van der Waals surface area contributed by atoms with Crippen molar-refractivity contribution in [3.8, 4) is 0 Å². The maximum atomic E-state index is 6.33. The van der Waals surface area contributed by atoms with Crippen molar-refractivity contribution >= 4 is 0 Å². The van der Waals surface area contributed by atoms with Crippen LogP contribution in [0.3, 0.4) is 0 Å². The molecule has 0 aliphatic rings. The minimum atomic E-state index is -0.121. The van der Waals surface area contributed by atoms with Gasteiger partial charge in [-0.05, 0) is 25.7 Å². The van der Waals surface area contributed by atoms with Crippen LogP contribution in [0.4, 0.5) is 0 Å². The Bertz CT molecular complexity index is 163. The Morgan fingerprint density at radius 3 is 2.31 bits per heavy atom. The lowest BCUT2D eigenvalue weighted by atomic mass is 9.80. The molecule has 0 aliphatic carbocycles. The highest BCUT2D eigenvalue weighted by Gasteiger charge is 2.26. The minimum Gasteiger partial charge on any atom is -0.322 e. The molecule has 0 heterocycles. The van der Waals surface area contributed by atoms with Crippen molar-refractivity contribution in [3.63, 3.8) is 0 Å². The van der Waals surface area contributed by atoms with E-state index in [-0.39, 0.29) is 5.54 Å². The van der Waals surface area contributed by atoms with Crippen LogP contribution in [0.5, 0.6) is 0 Å². The second-order valence-electron chi connectivity index (χ2n) is 4.40. The Balaban J connectivity index is 4.32. The molecule has 0 fully saturated rings. The second-order valence-corrected chi connectivity index (χ2v) is 4.40. The van der Waals surface area contributed by atoms with Crippen LogP contribution in [0.2, 0.25) is 0 Å². The van der Waals surface area contributed by atoms with Crippen molar-refractivity contribution in [2.24, 2.45) is 11.7 Å². The Labute approximate surface area is 83.4 Å². The van der Waals surface area contributed by atoms with Crippen LogP contribution in [0.15, 0.2) is 12.2 Å². The zero-order chi connectivity index (χ0) is 10.5. The largest absolute Gasteiger partial charge is 0.322 e. The summed E-state index contributed by atoms with van der Waals surface area (Å²) in [5.41, 5.74) is 7.34. The molecule has 0 amide bonds. The molecule has 0 saturated carbocycles. The van der Waals surface area contributed by atoms with Gasteiger partial charge >= 0.3 is 0 Å². The van der Waals surface area contributed by atoms with Gasteiger partial charge in [0.25, 0.3) is 0 Å². The van der Waals surface area contributed by atoms with E-state index in [1.54, 1.807) is 0 Å². The number of hydrogen-bond donors (Lipinski definition) is 1. The molecule has 2 N–H and O–H groups in total. The summed E-state index contributed by atoms with van der Waals surface area (Å²) in [4.78, 5) is 0. The standard InChI is InChI=1S/C12H25N/c1-6-8-12(13,10(3)4)9-11(5)7-2/h11H,3,6-9,13H2,1-2,4-5H3. The summed E-state index contributed by atoms with van der Waals surface area (Å²) >= 11 is 0. The van der Waals surface area contributed by atoms with Crippen molar-refractivity contribution in [1.82, 2.24) is 0 Å². The Hall–Kier alpha value is -0.300. The van der Waals surface area contributed by atoms with E-state index in [4.69, 9.17) is 5.73 Å². The van der Waals surface area contributed by atoms with E-state index in [1.807, 2.05) is 0 Å². The lowest BCUT2D eigenvalue weighted by molar-refractivity contribution is 0.345. The third-order valence-electron chi connectivity index (χ3n) is 2.96. The Morgan fingerprint density at radius 2 is 2.00 bits per heavy atom. The summed E-state index contributed by atoms with van der Waals surface area (Å²) in [6.45, 7) is 12.7. The lowest BCUT2D eigenvalue weighted by Gasteiger charge is -2.32. The van der Waals surface area contributed by atoms with E-state index >= 15 is 0 Å².